The number of ether oxygens (including phenoxy) is 1. The van der Waals surface area contributed by atoms with Gasteiger partial charge in [0, 0.05) is 20.2 Å². The highest BCUT2D eigenvalue weighted by Gasteiger charge is 2.27. The van der Waals surface area contributed by atoms with Gasteiger partial charge in [0.1, 0.15) is 11.0 Å². The van der Waals surface area contributed by atoms with E-state index in [-0.39, 0.29) is 10.9 Å². The Kier molecular flexibility index (Phi) is 14.6. The Morgan fingerprint density at radius 2 is 1.36 bits per heavy atom. The lowest BCUT2D eigenvalue weighted by atomic mass is 10.2. The Labute approximate surface area is 175 Å². The fraction of sp³-hybridized carbons (Fsp3) is 0.500. The summed E-state index contributed by atoms with van der Waals surface area (Å²) in [5.74, 6) is 0. The molecular weight excluding hydrogens is 366 g/mol. The highest BCUT2D eigenvalue weighted by Crippen LogP contribution is 2.19. The molecule has 3 nitrogen and oxygen atoms in total. The van der Waals surface area contributed by atoms with Crippen molar-refractivity contribution in [2.45, 2.75) is 65.4 Å². The monoisotopic (exact) mass is 405 g/mol. The van der Waals surface area contributed by atoms with Crippen LogP contribution in [0.15, 0.2) is 66.7 Å². The van der Waals surface area contributed by atoms with Crippen LogP contribution in [0.1, 0.15) is 53.5 Å². The first-order valence-corrected chi connectivity index (χ1v) is 11.2. The van der Waals surface area contributed by atoms with Crippen LogP contribution in [0.5, 0.6) is 0 Å². The molecule has 0 radical (unpaired) electrons. The fourth-order valence-electron chi connectivity index (χ4n) is 2.35. The maximum Gasteiger partial charge on any atom is 0.100 e. The molecule has 0 aliphatic carbocycles. The molecule has 0 bridgehead atoms. The summed E-state index contributed by atoms with van der Waals surface area (Å²) in [6.45, 7) is 13.5. The lowest BCUT2D eigenvalue weighted by molar-refractivity contribution is 0.0815. The zero-order valence-electron chi connectivity index (χ0n) is 18.7. The molecule has 2 aromatic carbocycles. The predicted octanol–water partition coefficient (Wildman–Crippen LogP) is 6.09. The van der Waals surface area contributed by atoms with Crippen molar-refractivity contribution in [3.05, 3.63) is 72.3 Å². The summed E-state index contributed by atoms with van der Waals surface area (Å²) in [7, 11) is 0.671. The van der Waals surface area contributed by atoms with Crippen LogP contribution in [0.3, 0.4) is 0 Å². The van der Waals surface area contributed by atoms with E-state index in [1.165, 1.54) is 5.56 Å². The summed E-state index contributed by atoms with van der Waals surface area (Å²) in [6, 6.07) is 22.2. The average molecular weight is 406 g/mol. The van der Waals surface area contributed by atoms with Gasteiger partial charge in [0.25, 0.3) is 0 Å². The van der Waals surface area contributed by atoms with Gasteiger partial charge in [0.2, 0.25) is 0 Å². The summed E-state index contributed by atoms with van der Waals surface area (Å²) in [6.07, 6.45) is 1.04. The molecule has 0 aliphatic heterocycles. The SMILES string of the molecule is CC.CCC(CN(Cc1ccccc1)S(=O)C(C)(C)C)OC.c1ccccc1. The zero-order chi connectivity index (χ0) is 21.4. The first-order chi connectivity index (χ1) is 13.4. The minimum absolute atomic E-state index is 0.116. The minimum Gasteiger partial charge on any atom is -0.380 e. The highest BCUT2D eigenvalue weighted by molar-refractivity contribution is 7.84. The Bertz CT molecular complexity index is 581. The maximum absolute atomic E-state index is 12.7. The second-order valence-electron chi connectivity index (χ2n) is 7.09. The van der Waals surface area contributed by atoms with Gasteiger partial charge < -0.3 is 4.74 Å². The molecule has 0 fully saturated rings. The van der Waals surface area contributed by atoms with Gasteiger partial charge in [-0.1, -0.05) is 87.5 Å². The van der Waals surface area contributed by atoms with Crippen LogP contribution in [0.4, 0.5) is 0 Å². The normalized spacial score (nSPS) is 12.9. The summed E-state index contributed by atoms with van der Waals surface area (Å²) >= 11 is 0. The van der Waals surface area contributed by atoms with Crippen molar-refractivity contribution >= 4 is 11.0 Å². The smallest absolute Gasteiger partial charge is 0.100 e. The van der Waals surface area contributed by atoms with Gasteiger partial charge in [-0.2, -0.15) is 0 Å². The van der Waals surface area contributed by atoms with Crippen LogP contribution >= 0.6 is 0 Å². The predicted molar refractivity (Wildman–Crippen MR) is 124 cm³/mol. The highest BCUT2D eigenvalue weighted by atomic mass is 32.2. The maximum atomic E-state index is 12.7. The fourth-order valence-corrected chi connectivity index (χ4v) is 3.69. The number of nitrogens with zero attached hydrogens (tertiary/aromatic N) is 1. The van der Waals surface area contributed by atoms with Crippen molar-refractivity contribution in [2.24, 2.45) is 0 Å². The van der Waals surface area contributed by atoms with Gasteiger partial charge in [0.05, 0.1) is 10.9 Å². The van der Waals surface area contributed by atoms with Gasteiger partial charge >= 0.3 is 0 Å². The average Bonchev–Trinajstić information content (AvgIpc) is 2.74. The van der Waals surface area contributed by atoms with Gasteiger partial charge in [-0.25, -0.2) is 8.51 Å². The zero-order valence-corrected chi connectivity index (χ0v) is 19.5. The van der Waals surface area contributed by atoms with E-state index < -0.39 is 11.0 Å². The van der Waals surface area contributed by atoms with E-state index in [1.54, 1.807) is 7.11 Å². The molecule has 0 aliphatic rings. The second-order valence-corrected chi connectivity index (χ2v) is 9.33. The van der Waals surface area contributed by atoms with Crippen molar-refractivity contribution in [1.82, 2.24) is 4.31 Å². The van der Waals surface area contributed by atoms with E-state index >= 15 is 0 Å². The van der Waals surface area contributed by atoms with E-state index in [1.807, 2.05) is 93.5 Å². The van der Waals surface area contributed by atoms with E-state index in [9.17, 15) is 4.21 Å². The van der Waals surface area contributed by atoms with Crippen LogP contribution < -0.4 is 0 Å². The first kappa shape index (κ1) is 26.5. The summed E-state index contributed by atoms with van der Waals surface area (Å²) in [5, 5.41) is 0. The number of methoxy groups -OCH3 is 1. The molecule has 0 N–H and O–H groups in total. The molecule has 158 valence electrons. The number of benzene rings is 2. The number of rotatable bonds is 7. The molecule has 0 aromatic heterocycles. The topological polar surface area (TPSA) is 29.5 Å². The summed E-state index contributed by atoms with van der Waals surface area (Å²) in [5.41, 5.74) is 1.18. The lowest BCUT2D eigenvalue weighted by Crippen LogP contribution is -2.41. The van der Waals surface area contributed by atoms with Crippen LogP contribution in [0.25, 0.3) is 0 Å². The van der Waals surface area contributed by atoms with Gasteiger partial charge in [-0.3, -0.25) is 0 Å². The molecule has 0 saturated heterocycles. The van der Waals surface area contributed by atoms with Gasteiger partial charge in [-0.05, 0) is 32.8 Å². The van der Waals surface area contributed by atoms with E-state index in [4.69, 9.17) is 4.74 Å². The number of hydrogen-bond donors (Lipinski definition) is 0. The van der Waals surface area contributed by atoms with Gasteiger partial charge in [0.15, 0.2) is 0 Å². The standard InChI is InChI=1S/C16H27NO2S.C6H6.C2H6/c1-6-15(19-5)13-17(20(18)16(2,3)4)12-14-10-8-7-9-11-14;1-2-4-6-5-3-1;1-2/h7-11,15H,6,12-13H2,1-5H3;1-6H;1-2H3. The van der Waals surface area contributed by atoms with E-state index in [0.717, 1.165) is 6.42 Å². The molecule has 0 saturated carbocycles. The Morgan fingerprint density at radius 3 is 1.71 bits per heavy atom. The third kappa shape index (κ3) is 11.4. The van der Waals surface area contributed by atoms with Crippen molar-refractivity contribution in [1.29, 1.82) is 0 Å². The van der Waals surface area contributed by atoms with Crippen molar-refractivity contribution < 1.29 is 8.95 Å². The third-order valence-electron chi connectivity index (χ3n) is 3.82. The van der Waals surface area contributed by atoms with Crippen molar-refractivity contribution in [3.63, 3.8) is 0 Å². The summed E-state index contributed by atoms with van der Waals surface area (Å²) in [4.78, 5) is 0. The summed E-state index contributed by atoms with van der Waals surface area (Å²) < 4.78 is 19.9. The van der Waals surface area contributed by atoms with E-state index in [2.05, 4.69) is 19.1 Å². The quantitative estimate of drug-likeness (QED) is 0.558. The molecule has 2 aromatic rings. The van der Waals surface area contributed by atoms with Crippen molar-refractivity contribution in [2.75, 3.05) is 13.7 Å². The van der Waals surface area contributed by atoms with Crippen LogP contribution in [-0.4, -0.2) is 33.0 Å². The van der Waals surface area contributed by atoms with Gasteiger partial charge in [-0.15, -0.1) is 0 Å². The molecule has 2 rings (SSSR count). The lowest BCUT2D eigenvalue weighted by Gasteiger charge is -2.31. The molecular formula is C24H39NO2S. The molecule has 0 spiro atoms. The second kappa shape index (κ2) is 15.4. The largest absolute Gasteiger partial charge is 0.380 e. The molecule has 2 atom stereocenters. The molecule has 28 heavy (non-hydrogen) atoms. The number of hydrogen-bond acceptors (Lipinski definition) is 2. The third-order valence-corrected chi connectivity index (χ3v) is 5.62. The van der Waals surface area contributed by atoms with Crippen LogP contribution in [0.2, 0.25) is 0 Å². The molecule has 0 heterocycles. The Morgan fingerprint density at radius 1 is 0.929 bits per heavy atom. The molecule has 4 heteroatoms. The van der Waals surface area contributed by atoms with Crippen LogP contribution in [-0.2, 0) is 22.3 Å². The Balaban J connectivity index is 0.000000759. The first-order valence-electron chi connectivity index (χ1n) is 10.1. The molecule has 0 amide bonds. The van der Waals surface area contributed by atoms with Crippen LogP contribution in [0, 0.1) is 0 Å². The Hall–Kier alpha value is -1.49. The van der Waals surface area contributed by atoms with E-state index in [0.29, 0.717) is 13.1 Å². The molecule has 2 unspecified atom stereocenters. The van der Waals surface area contributed by atoms with Crippen molar-refractivity contribution in [3.8, 4) is 0 Å². The minimum atomic E-state index is -1.05.